The Bertz CT molecular complexity index is 825. The minimum Gasteiger partial charge on any atom is -0.404 e. The molecule has 0 atom stereocenters. The number of anilines is 1. The van der Waals surface area contributed by atoms with Crippen LogP contribution in [0.25, 0.3) is 0 Å². The fourth-order valence-electron chi connectivity index (χ4n) is 3.07. The zero-order chi connectivity index (χ0) is 21.3. The van der Waals surface area contributed by atoms with Crippen LogP contribution in [0.3, 0.4) is 0 Å². The number of terminal acetylenes is 1. The quantitative estimate of drug-likeness (QED) is 0.592. The first-order valence-corrected chi connectivity index (χ1v) is 8.23. The molecule has 0 aromatic heterocycles. The van der Waals surface area contributed by atoms with Gasteiger partial charge in [-0.15, -0.1) is 19.6 Å². The predicted molar refractivity (Wildman–Crippen MR) is 89.8 cm³/mol. The molecule has 0 heterocycles. The lowest BCUT2D eigenvalue weighted by molar-refractivity contribution is -0.274. The summed E-state index contributed by atoms with van der Waals surface area (Å²) in [5.41, 5.74) is 3.37. The average Bonchev–Trinajstić information content (AvgIpc) is 2.57. The second kappa shape index (κ2) is 7.47. The van der Waals surface area contributed by atoms with Gasteiger partial charge in [-0.25, -0.2) is 8.78 Å². The second-order valence-electron chi connectivity index (χ2n) is 6.20. The fourth-order valence-corrected chi connectivity index (χ4v) is 3.28. The molecule has 0 saturated heterocycles. The summed E-state index contributed by atoms with van der Waals surface area (Å²) < 4.78 is 68.1. The van der Waals surface area contributed by atoms with E-state index in [-0.39, 0.29) is 5.69 Å². The lowest BCUT2D eigenvalue weighted by Gasteiger charge is -2.44. The van der Waals surface area contributed by atoms with Crippen LogP contribution in [0.5, 0.6) is 5.75 Å². The van der Waals surface area contributed by atoms with Crippen molar-refractivity contribution in [3.05, 3.63) is 23.2 Å². The van der Waals surface area contributed by atoms with E-state index in [4.69, 9.17) is 23.8 Å². The number of carbonyl (C=O) groups is 2. The van der Waals surface area contributed by atoms with Gasteiger partial charge in [0.25, 0.3) is 0 Å². The highest BCUT2D eigenvalue weighted by molar-refractivity contribution is 6.32. The first kappa shape index (κ1) is 21.8. The van der Waals surface area contributed by atoms with E-state index in [1.165, 1.54) is 0 Å². The molecule has 5 nitrogen and oxygen atoms in total. The smallest absolute Gasteiger partial charge is 0.404 e. The third-order valence-corrected chi connectivity index (χ3v) is 4.72. The number of ether oxygens (including phenoxy) is 1. The minimum atomic E-state index is -5.01. The third kappa shape index (κ3) is 4.47. The topological polar surface area (TPSA) is 72.6 Å². The summed E-state index contributed by atoms with van der Waals surface area (Å²) in [5.74, 6) is -4.18. The van der Waals surface area contributed by atoms with E-state index in [1.807, 2.05) is 0 Å². The molecule has 1 aliphatic rings. The number of amides is 2. The number of nitrogens with zero attached hydrogens (tertiary/aromatic N) is 1. The lowest BCUT2D eigenvalue weighted by Crippen LogP contribution is -2.62. The Morgan fingerprint density at radius 2 is 1.79 bits per heavy atom. The molecule has 0 unspecified atom stereocenters. The van der Waals surface area contributed by atoms with Crippen molar-refractivity contribution < 1.29 is 36.3 Å². The SMILES string of the molecule is C#CC(=O)N(c1ccc(OC(F)(F)F)c(Cl)c1)C1(C(N)=O)CCC(F)(F)CC1. The summed E-state index contributed by atoms with van der Waals surface area (Å²) in [6.07, 6.45) is -2.31. The van der Waals surface area contributed by atoms with Crippen molar-refractivity contribution in [3.8, 4) is 18.1 Å². The van der Waals surface area contributed by atoms with E-state index in [0.29, 0.717) is 0 Å². The van der Waals surface area contributed by atoms with Gasteiger partial charge in [0.2, 0.25) is 11.8 Å². The van der Waals surface area contributed by atoms with Gasteiger partial charge in [0.15, 0.2) is 0 Å². The molecular weight excluding hydrogens is 411 g/mol. The number of primary amides is 1. The van der Waals surface area contributed by atoms with Crippen LogP contribution >= 0.6 is 11.6 Å². The third-order valence-electron chi connectivity index (χ3n) is 4.42. The zero-order valence-corrected chi connectivity index (χ0v) is 14.9. The molecule has 2 N–H and O–H groups in total. The van der Waals surface area contributed by atoms with E-state index >= 15 is 0 Å². The number of hydrogen-bond acceptors (Lipinski definition) is 3. The summed E-state index contributed by atoms with van der Waals surface area (Å²) in [7, 11) is 0. The van der Waals surface area contributed by atoms with Crippen molar-refractivity contribution >= 4 is 29.1 Å². The summed E-state index contributed by atoms with van der Waals surface area (Å²) in [5, 5.41) is -0.537. The van der Waals surface area contributed by atoms with E-state index in [0.717, 1.165) is 23.1 Å². The maximum atomic E-state index is 13.6. The van der Waals surface area contributed by atoms with Crippen LogP contribution < -0.4 is 15.4 Å². The molecule has 1 aromatic rings. The summed E-state index contributed by atoms with van der Waals surface area (Å²) in [6.45, 7) is 0. The molecule has 1 aliphatic carbocycles. The minimum absolute atomic E-state index is 0.175. The Morgan fingerprint density at radius 3 is 2.21 bits per heavy atom. The number of rotatable bonds is 4. The van der Waals surface area contributed by atoms with Gasteiger partial charge >= 0.3 is 12.3 Å². The molecule has 1 saturated carbocycles. The van der Waals surface area contributed by atoms with Crippen LogP contribution in [-0.2, 0) is 9.59 Å². The standard InChI is InChI=1S/C17H14ClF5N2O3/c1-2-13(26)25(15(14(24)27)5-7-16(19,20)8-6-15)10-3-4-12(11(18)9-10)28-17(21,22)23/h1,3-4,9H,5-8H2,(H2,24,27). The van der Waals surface area contributed by atoms with Crippen molar-refractivity contribution in [2.24, 2.45) is 5.73 Å². The monoisotopic (exact) mass is 424 g/mol. The maximum absolute atomic E-state index is 13.6. The van der Waals surface area contributed by atoms with Gasteiger partial charge in [0.05, 0.1) is 5.02 Å². The first-order chi connectivity index (χ1) is 12.8. The number of hydrogen-bond donors (Lipinski definition) is 1. The zero-order valence-electron chi connectivity index (χ0n) is 14.2. The highest BCUT2D eigenvalue weighted by Gasteiger charge is 2.52. The summed E-state index contributed by atoms with van der Waals surface area (Å²) >= 11 is 5.79. The van der Waals surface area contributed by atoms with Crippen LogP contribution in [0.1, 0.15) is 25.7 Å². The number of halogens is 6. The molecule has 0 aliphatic heterocycles. The van der Waals surface area contributed by atoms with E-state index in [1.54, 1.807) is 5.92 Å². The normalized spacial score (nSPS) is 18.0. The highest BCUT2D eigenvalue weighted by Crippen LogP contribution is 2.44. The predicted octanol–water partition coefficient (Wildman–Crippen LogP) is 3.64. The van der Waals surface area contributed by atoms with Gasteiger partial charge in [0, 0.05) is 18.5 Å². The Labute approximate surface area is 161 Å². The van der Waals surface area contributed by atoms with E-state index < -0.39 is 66.1 Å². The number of nitrogens with two attached hydrogens (primary N) is 1. The van der Waals surface area contributed by atoms with Gasteiger partial charge < -0.3 is 10.5 Å². The van der Waals surface area contributed by atoms with Gasteiger partial charge in [-0.05, 0) is 37.0 Å². The van der Waals surface area contributed by atoms with E-state index in [9.17, 15) is 31.5 Å². The molecule has 2 amide bonds. The van der Waals surface area contributed by atoms with Gasteiger partial charge in [-0.2, -0.15) is 0 Å². The number of carbonyl (C=O) groups excluding carboxylic acids is 2. The van der Waals surface area contributed by atoms with Gasteiger partial charge in [0.1, 0.15) is 11.3 Å². The van der Waals surface area contributed by atoms with Crippen LogP contribution in [0.4, 0.5) is 27.6 Å². The molecule has 152 valence electrons. The fraction of sp³-hybridized carbons (Fsp3) is 0.412. The van der Waals surface area contributed by atoms with Crippen LogP contribution in [0.15, 0.2) is 18.2 Å². The maximum Gasteiger partial charge on any atom is 0.573 e. The van der Waals surface area contributed by atoms with Crippen molar-refractivity contribution in [1.82, 2.24) is 0 Å². The van der Waals surface area contributed by atoms with Crippen LogP contribution in [0.2, 0.25) is 5.02 Å². The first-order valence-electron chi connectivity index (χ1n) is 7.85. The number of benzene rings is 1. The molecule has 0 radical (unpaired) electrons. The van der Waals surface area contributed by atoms with Crippen LogP contribution in [0, 0.1) is 12.3 Å². The van der Waals surface area contributed by atoms with Crippen LogP contribution in [-0.4, -0.2) is 29.6 Å². The molecule has 1 aromatic carbocycles. The summed E-state index contributed by atoms with van der Waals surface area (Å²) in [4.78, 5) is 25.2. The largest absolute Gasteiger partial charge is 0.573 e. The summed E-state index contributed by atoms with van der Waals surface area (Å²) in [6, 6.07) is 2.73. The molecule has 0 spiro atoms. The second-order valence-corrected chi connectivity index (χ2v) is 6.61. The molecule has 0 bridgehead atoms. The van der Waals surface area contributed by atoms with Gasteiger partial charge in [-0.1, -0.05) is 11.6 Å². The van der Waals surface area contributed by atoms with Crippen molar-refractivity contribution in [3.63, 3.8) is 0 Å². The molecule has 11 heteroatoms. The number of alkyl halides is 5. The lowest BCUT2D eigenvalue weighted by atomic mass is 9.77. The Kier molecular flexibility index (Phi) is 5.80. The van der Waals surface area contributed by atoms with E-state index in [2.05, 4.69) is 4.74 Å². The molecule has 1 fully saturated rings. The molecule has 28 heavy (non-hydrogen) atoms. The molecular formula is C17H14ClF5N2O3. The van der Waals surface area contributed by atoms with Crippen molar-refractivity contribution in [2.75, 3.05) is 4.90 Å². The Hall–Kier alpha value is -2.54. The Morgan fingerprint density at radius 1 is 1.21 bits per heavy atom. The highest BCUT2D eigenvalue weighted by atomic mass is 35.5. The van der Waals surface area contributed by atoms with Crippen molar-refractivity contribution in [2.45, 2.75) is 43.5 Å². The van der Waals surface area contributed by atoms with Gasteiger partial charge in [-0.3, -0.25) is 14.5 Å². The van der Waals surface area contributed by atoms with Crippen molar-refractivity contribution in [1.29, 1.82) is 0 Å². The molecule has 2 rings (SSSR count). The average molecular weight is 425 g/mol. The Balaban J connectivity index is 2.52.